The average molecular weight is 523 g/mol. The number of benzene rings is 1. The predicted molar refractivity (Wildman–Crippen MR) is 143 cm³/mol. The van der Waals surface area contributed by atoms with Crippen LogP contribution in [0.1, 0.15) is 48.4 Å². The molecule has 3 aliphatic heterocycles. The van der Waals surface area contributed by atoms with E-state index < -0.39 is 0 Å². The lowest BCUT2D eigenvalue weighted by atomic mass is 10.0. The number of rotatable bonds is 6. The summed E-state index contributed by atoms with van der Waals surface area (Å²) in [6.45, 7) is 6.47. The molecule has 2 saturated heterocycles. The second-order valence-corrected chi connectivity index (χ2v) is 10.6. The third kappa shape index (κ3) is 4.27. The van der Waals surface area contributed by atoms with E-state index in [1.807, 2.05) is 31.2 Å². The quantitative estimate of drug-likeness (QED) is 0.413. The zero-order chi connectivity index (χ0) is 25.4. The Morgan fingerprint density at radius 2 is 1.94 bits per heavy atom. The van der Waals surface area contributed by atoms with Gasteiger partial charge in [-0.1, -0.05) is 37.0 Å². The van der Waals surface area contributed by atoms with Gasteiger partial charge >= 0.3 is 0 Å². The molecule has 0 saturated carbocycles. The van der Waals surface area contributed by atoms with Gasteiger partial charge in [-0.2, -0.15) is 5.26 Å². The summed E-state index contributed by atoms with van der Waals surface area (Å²) in [5.74, 6) is 1.93. The van der Waals surface area contributed by atoms with E-state index in [1.165, 1.54) is 11.8 Å². The number of fused-ring (bicyclic) bond motifs is 1. The van der Waals surface area contributed by atoms with Crippen LogP contribution in [0.15, 0.2) is 27.9 Å². The van der Waals surface area contributed by atoms with Crippen molar-refractivity contribution in [2.24, 2.45) is 0 Å². The lowest BCUT2D eigenvalue weighted by Gasteiger charge is -2.26. The Morgan fingerprint density at radius 3 is 2.67 bits per heavy atom. The second-order valence-electron chi connectivity index (χ2n) is 8.96. The number of carbonyl (C=O) groups is 1. The SMILES string of the molecule is CCCn1c(N2CCCC2)c(/C=C2/SC(=S)N(Cc3ccc4c(c3)OCO4)C2=O)c(C)c(C#N)c1=O. The minimum absolute atomic E-state index is 0.119. The van der Waals surface area contributed by atoms with Gasteiger partial charge in [-0.15, -0.1) is 0 Å². The Kier molecular flexibility index (Phi) is 6.77. The molecule has 5 rings (SSSR count). The van der Waals surface area contributed by atoms with Gasteiger partial charge in [0.25, 0.3) is 11.5 Å². The Bertz CT molecular complexity index is 1390. The number of carbonyl (C=O) groups excluding carboxylic acids is 1. The van der Waals surface area contributed by atoms with Crippen LogP contribution >= 0.6 is 24.0 Å². The normalized spacial score (nSPS) is 18.0. The van der Waals surface area contributed by atoms with Crippen molar-refractivity contribution in [2.75, 3.05) is 24.8 Å². The number of amides is 1. The first-order chi connectivity index (χ1) is 17.4. The van der Waals surface area contributed by atoms with Crippen LogP contribution < -0.4 is 19.9 Å². The number of nitriles is 1. The Hall–Kier alpha value is -3.29. The summed E-state index contributed by atoms with van der Waals surface area (Å²) in [5, 5.41) is 9.78. The average Bonchev–Trinajstić information content (AvgIpc) is 3.61. The van der Waals surface area contributed by atoms with Gasteiger partial charge in [0.05, 0.1) is 11.4 Å². The molecule has 36 heavy (non-hydrogen) atoms. The summed E-state index contributed by atoms with van der Waals surface area (Å²) in [5.41, 5.74) is 2.07. The van der Waals surface area contributed by atoms with Crippen molar-refractivity contribution in [1.82, 2.24) is 9.47 Å². The molecule has 0 atom stereocenters. The van der Waals surface area contributed by atoms with Crippen molar-refractivity contribution in [3.63, 3.8) is 0 Å². The van der Waals surface area contributed by atoms with Gasteiger partial charge in [0.15, 0.2) is 11.5 Å². The van der Waals surface area contributed by atoms with Crippen LogP contribution in [0, 0.1) is 18.3 Å². The van der Waals surface area contributed by atoms with E-state index in [4.69, 9.17) is 21.7 Å². The van der Waals surface area contributed by atoms with Crippen LogP contribution in [0.5, 0.6) is 11.5 Å². The van der Waals surface area contributed by atoms with Gasteiger partial charge in [-0.25, -0.2) is 0 Å². The fourth-order valence-electron chi connectivity index (χ4n) is 4.83. The number of nitrogens with zero attached hydrogens (tertiary/aromatic N) is 4. The minimum Gasteiger partial charge on any atom is -0.454 e. The number of aromatic nitrogens is 1. The first-order valence-electron chi connectivity index (χ1n) is 12.0. The number of anilines is 1. The van der Waals surface area contributed by atoms with Crippen LogP contribution in [0.4, 0.5) is 5.82 Å². The number of pyridine rings is 1. The van der Waals surface area contributed by atoms with E-state index in [2.05, 4.69) is 11.0 Å². The lowest BCUT2D eigenvalue weighted by molar-refractivity contribution is -0.122. The number of ether oxygens (including phenoxy) is 2. The summed E-state index contributed by atoms with van der Waals surface area (Å²) >= 11 is 6.81. The van der Waals surface area contributed by atoms with Crippen molar-refractivity contribution >= 4 is 46.1 Å². The number of thiocarbonyl (C=S) groups is 1. The van der Waals surface area contributed by atoms with Crippen molar-refractivity contribution in [2.45, 2.75) is 46.2 Å². The van der Waals surface area contributed by atoms with Gasteiger partial charge in [0.1, 0.15) is 21.8 Å². The standard InChI is InChI=1S/C26H26N4O4S2/c1-3-8-29-23(28-9-4-5-10-28)18(16(2)19(13-27)24(29)31)12-22-25(32)30(26(35)36-22)14-17-6-7-20-21(11-17)34-15-33-20/h6-7,11-12H,3-5,8-10,14-15H2,1-2H3/b22-12+. The molecule has 2 aromatic rings. The third-order valence-corrected chi connectivity index (χ3v) is 8.00. The van der Waals surface area contributed by atoms with Crippen molar-refractivity contribution < 1.29 is 14.3 Å². The zero-order valence-corrected chi connectivity index (χ0v) is 21.8. The van der Waals surface area contributed by atoms with Crippen molar-refractivity contribution in [3.8, 4) is 17.6 Å². The molecule has 0 bridgehead atoms. The van der Waals surface area contributed by atoms with Gasteiger partial charge in [0, 0.05) is 25.2 Å². The van der Waals surface area contributed by atoms with Gasteiger partial charge in [0.2, 0.25) is 6.79 Å². The van der Waals surface area contributed by atoms with Crippen LogP contribution in [-0.2, 0) is 17.9 Å². The molecule has 186 valence electrons. The fraction of sp³-hybridized carbons (Fsp3) is 0.385. The van der Waals surface area contributed by atoms with E-state index >= 15 is 0 Å². The summed E-state index contributed by atoms with van der Waals surface area (Å²) in [7, 11) is 0. The molecule has 3 aliphatic rings. The fourth-order valence-corrected chi connectivity index (χ4v) is 6.07. The molecule has 0 radical (unpaired) electrons. The van der Waals surface area contributed by atoms with Crippen LogP contribution in [0.2, 0.25) is 0 Å². The molecular formula is C26H26N4O4S2. The van der Waals surface area contributed by atoms with Gasteiger partial charge in [-0.05, 0) is 55.5 Å². The van der Waals surface area contributed by atoms with Gasteiger partial charge in [-0.3, -0.25) is 19.1 Å². The Labute approximate surface area is 219 Å². The highest BCUT2D eigenvalue weighted by molar-refractivity contribution is 8.26. The molecule has 2 fully saturated rings. The first kappa shape index (κ1) is 24.4. The maximum absolute atomic E-state index is 13.5. The molecule has 1 amide bonds. The molecule has 0 spiro atoms. The molecular weight excluding hydrogens is 496 g/mol. The van der Waals surface area contributed by atoms with Crippen molar-refractivity contribution in [3.05, 3.63) is 55.7 Å². The largest absolute Gasteiger partial charge is 0.454 e. The molecule has 4 heterocycles. The molecule has 1 aromatic carbocycles. The lowest BCUT2D eigenvalue weighted by Crippen LogP contribution is -2.33. The topological polar surface area (TPSA) is 87.8 Å². The molecule has 8 nitrogen and oxygen atoms in total. The Balaban J connectivity index is 1.55. The maximum Gasteiger partial charge on any atom is 0.270 e. The molecule has 0 aliphatic carbocycles. The number of hydrogen-bond acceptors (Lipinski definition) is 8. The summed E-state index contributed by atoms with van der Waals surface area (Å²) in [6, 6.07) is 7.68. The van der Waals surface area contributed by atoms with Crippen LogP contribution in [0.25, 0.3) is 6.08 Å². The highest BCUT2D eigenvalue weighted by Crippen LogP contribution is 2.38. The summed E-state index contributed by atoms with van der Waals surface area (Å²) < 4.78 is 13.0. The maximum atomic E-state index is 13.5. The van der Waals surface area contributed by atoms with Crippen LogP contribution in [-0.4, -0.2) is 39.6 Å². The highest BCUT2D eigenvalue weighted by atomic mass is 32.2. The van der Waals surface area contributed by atoms with Crippen molar-refractivity contribution in [1.29, 1.82) is 5.26 Å². The van der Waals surface area contributed by atoms with E-state index in [0.717, 1.165) is 49.3 Å². The summed E-state index contributed by atoms with van der Waals surface area (Å²) in [4.78, 5) is 30.9. The molecule has 1 aromatic heterocycles. The highest BCUT2D eigenvalue weighted by Gasteiger charge is 2.34. The summed E-state index contributed by atoms with van der Waals surface area (Å²) in [6.07, 6.45) is 4.65. The zero-order valence-electron chi connectivity index (χ0n) is 20.2. The third-order valence-electron chi connectivity index (χ3n) is 6.63. The number of hydrogen-bond donors (Lipinski definition) is 0. The predicted octanol–water partition coefficient (Wildman–Crippen LogP) is 4.17. The minimum atomic E-state index is -0.272. The van der Waals surface area contributed by atoms with Crippen LogP contribution in [0.3, 0.4) is 0 Å². The van der Waals surface area contributed by atoms with E-state index in [1.54, 1.807) is 16.4 Å². The van der Waals surface area contributed by atoms with E-state index in [9.17, 15) is 14.9 Å². The molecule has 0 N–H and O–H groups in total. The smallest absolute Gasteiger partial charge is 0.270 e. The number of thioether (sulfide) groups is 1. The second kappa shape index (κ2) is 9.99. The Morgan fingerprint density at radius 1 is 1.19 bits per heavy atom. The van der Waals surface area contributed by atoms with Gasteiger partial charge < -0.3 is 14.4 Å². The molecule has 0 unspecified atom stereocenters. The van der Waals surface area contributed by atoms with E-state index in [-0.39, 0.29) is 23.8 Å². The van der Waals surface area contributed by atoms with E-state index in [0.29, 0.717) is 39.4 Å². The monoisotopic (exact) mass is 522 g/mol. The first-order valence-corrected chi connectivity index (χ1v) is 13.2. The molecule has 10 heteroatoms.